The Labute approximate surface area is 266 Å². The van der Waals surface area contributed by atoms with Gasteiger partial charge in [0.1, 0.15) is 6.04 Å². The summed E-state index contributed by atoms with van der Waals surface area (Å²) in [5.74, 6) is -5.41. The molecule has 1 aliphatic rings. The van der Waals surface area contributed by atoms with Crippen LogP contribution in [0.15, 0.2) is 24.3 Å². The molecule has 0 spiro atoms. The molecule has 0 aliphatic carbocycles. The molecule has 46 heavy (non-hydrogen) atoms. The molecule has 4 amide bonds. The zero-order chi connectivity index (χ0) is 34.1. The minimum Gasteiger partial charge on any atom is -0.481 e. The van der Waals surface area contributed by atoms with Crippen LogP contribution in [0, 0.1) is 0 Å². The molecule has 17 nitrogen and oxygen atoms in total. The number of carboxylic acids is 3. The van der Waals surface area contributed by atoms with E-state index in [1.54, 1.807) is 21.9 Å². The van der Waals surface area contributed by atoms with E-state index in [9.17, 15) is 43.8 Å². The first kappa shape index (κ1) is 37.6. The van der Waals surface area contributed by atoms with E-state index in [-0.39, 0.29) is 32.5 Å². The first-order valence-electron chi connectivity index (χ1n) is 14.8. The van der Waals surface area contributed by atoms with Gasteiger partial charge in [-0.2, -0.15) is 0 Å². The summed E-state index contributed by atoms with van der Waals surface area (Å²) in [6.45, 7) is 2.53. The van der Waals surface area contributed by atoms with Crippen molar-refractivity contribution in [3.8, 4) is 0 Å². The number of carbonyl (C=O) groups excluding carboxylic acids is 4. The van der Waals surface area contributed by atoms with E-state index in [1.807, 2.05) is 12.1 Å². The molecule has 0 bridgehead atoms. The van der Waals surface area contributed by atoms with E-state index in [1.165, 1.54) is 7.05 Å². The molecule has 1 fully saturated rings. The lowest BCUT2D eigenvalue weighted by Crippen LogP contribution is -2.50. The molecule has 1 aliphatic heterocycles. The minimum absolute atomic E-state index is 0.0955. The quantitative estimate of drug-likeness (QED) is 0.0901. The Kier molecular flexibility index (Phi) is 16.1. The van der Waals surface area contributed by atoms with Gasteiger partial charge in [0.15, 0.2) is 0 Å². The van der Waals surface area contributed by atoms with Crippen molar-refractivity contribution in [1.29, 1.82) is 0 Å². The van der Waals surface area contributed by atoms with E-state index >= 15 is 0 Å². The Bertz CT molecular complexity index is 1200. The third-order valence-electron chi connectivity index (χ3n) is 7.16. The lowest BCUT2D eigenvalue weighted by molar-refractivity contribution is -0.140. The van der Waals surface area contributed by atoms with E-state index in [4.69, 9.17) is 5.11 Å². The summed E-state index contributed by atoms with van der Waals surface area (Å²) in [6.07, 6.45) is -0.689. The highest BCUT2D eigenvalue weighted by atomic mass is 16.4. The van der Waals surface area contributed by atoms with Gasteiger partial charge in [-0.3, -0.25) is 48.3 Å². The summed E-state index contributed by atoms with van der Waals surface area (Å²) < 4.78 is 0. The predicted molar refractivity (Wildman–Crippen MR) is 162 cm³/mol. The molecule has 1 saturated heterocycles. The molecule has 1 unspecified atom stereocenters. The fraction of sp³-hybridized carbons (Fsp3) is 0.552. The number of carboxylic acid groups (broad SMARTS) is 3. The summed E-state index contributed by atoms with van der Waals surface area (Å²) in [4.78, 5) is 87.9. The Morgan fingerprint density at radius 1 is 0.674 bits per heavy atom. The largest absolute Gasteiger partial charge is 0.481 e. The van der Waals surface area contributed by atoms with Crippen LogP contribution in [0.1, 0.15) is 24.0 Å². The molecule has 254 valence electrons. The van der Waals surface area contributed by atoms with Gasteiger partial charge in [-0.05, 0) is 17.5 Å². The molecule has 17 heteroatoms. The Morgan fingerprint density at radius 2 is 1.17 bits per heavy atom. The van der Waals surface area contributed by atoms with Crippen LogP contribution in [0.25, 0.3) is 0 Å². The van der Waals surface area contributed by atoms with Crippen LogP contribution in [0.2, 0.25) is 0 Å². The Morgan fingerprint density at radius 3 is 1.67 bits per heavy atom. The van der Waals surface area contributed by atoms with Crippen LogP contribution >= 0.6 is 0 Å². The number of nitrogens with one attached hydrogen (secondary N) is 4. The molecule has 1 aromatic rings. The summed E-state index contributed by atoms with van der Waals surface area (Å²) in [5.41, 5.74) is 1.56. The van der Waals surface area contributed by atoms with Crippen molar-refractivity contribution in [1.82, 2.24) is 36.0 Å². The van der Waals surface area contributed by atoms with Crippen molar-refractivity contribution < 1.29 is 48.9 Å². The van der Waals surface area contributed by atoms with Crippen molar-refractivity contribution in [2.75, 3.05) is 72.5 Å². The highest BCUT2D eigenvalue weighted by Gasteiger charge is 2.23. The lowest BCUT2D eigenvalue weighted by Gasteiger charge is -2.25. The van der Waals surface area contributed by atoms with Crippen molar-refractivity contribution in [3.05, 3.63) is 35.4 Å². The van der Waals surface area contributed by atoms with E-state index < -0.39 is 60.5 Å². The number of nitrogens with zero attached hydrogens (tertiary/aromatic N) is 3. The van der Waals surface area contributed by atoms with Gasteiger partial charge in [0, 0.05) is 59.3 Å². The van der Waals surface area contributed by atoms with Gasteiger partial charge in [-0.1, -0.05) is 24.3 Å². The third-order valence-corrected chi connectivity index (χ3v) is 7.16. The molecule has 0 radical (unpaired) electrons. The molecule has 2 rings (SSSR count). The maximum atomic E-state index is 12.8. The van der Waals surface area contributed by atoms with Crippen LogP contribution in [0.5, 0.6) is 0 Å². The average Bonchev–Trinajstić information content (AvgIpc) is 3.08. The van der Waals surface area contributed by atoms with Crippen LogP contribution in [-0.4, -0.2) is 150 Å². The van der Waals surface area contributed by atoms with Gasteiger partial charge in [0.05, 0.1) is 32.6 Å². The monoisotopic (exact) mass is 649 g/mol. The van der Waals surface area contributed by atoms with Crippen molar-refractivity contribution >= 4 is 41.5 Å². The highest BCUT2D eigenvalue weighted by molar-refractivity contribution is 5.92. The van der Waals surface area contributed by atoms with E-state index in [2.05, 4.69) is 26.2 Å². The standard InChI is InChI=1S/C29H43N7O10/c1-30-24(38)15-31-25(39)16-32-29(46)22(6-7-26(40)41)33-23(37)14-20-2-4-21(5-3-20)17-34-8-10-35(18-27(42)43)12-13-36(11-9-34)19-28(44)45/h2-5,22H,6-19H2,1H3,(H,30,38)(H,31,39)(H,32,46)(H,33,37)(H,40,41)(H,42,43)(H,44,45). The zero-order valence-corrected chi connectivity index (χ0v) is 25.8. The van der Waals surface area contributed by atoms with Crippen LogP contribution < -0.4 is 21.3 Å². The highest BCUT2D eigenvalue weighted by Crippen LogP contribution is 2.11. The topological polar surface area (TPSA) is 238 Å². The van der Waals surface area contributed by atoms with Crippen molar-refractivity contribution in [2.45, 2.75) is 31.8 Å². The Hall–Kier alpha value is -4.61. The summed E-state index contributed by atoms with van der Waals surface area (Å²) >= 11 is 0. The fourth-order valence-corrected chi connectivity index (χ4v) is 4.65. The number of rotatable bonds is 17. The van der Waals surface area contributed by atoms with Gasteiger partial charge in [0.2, 0.25) is 23.6 Å². The molecule has 1 atom stereocenters. The van der Waals surface area contributed by atoms with Crippen molar-refractivity contribution in [2.24, 2.45) is 0 Å². The molecule has 1 heterocycles. The van der Waals surface area contributed by atoms with E-state index in [0.29, 0.717) is 51.4 Å². The summed E-state index contributed by atoms with van der Waals surface area (Å²) in [6, 6.07) is 5.98. The minimum atomic E-state index is -1.20. The lowest BCUT2D eigenvalue weighted by atomic mass is 10.1. The SMILES string of the molecule is CNC(=O)CNC(=O)CNC(=O)C(CCC(=O)O)NC(=O)Cc1ccc(CN2CCN(CC(=O)O)CCN(CC(=O)O)CC2)cc1. The molecule has 0 saturated carbocycles. The number of likely N-dealkylation sites (N-methyl/N-ethyl adjacent to an activating group) is 1. The fourth-order valence-electron chi connectivity index (χ4n) is 4.65. The van der Waals surface area contributed by atoms with Crippen LogP contribution in [0.4, 0.5) is 0 Å². The number of benzene rings is 1. The smallest absolute Gasteiger partial charge is 0.317 e. The molecule has 1 aromatic carbocycles. The molecule has 7 N–H and O–H groups in total. The van der Waals surface area contributed by atoms with Crippen molar-refractivity contribution in [3.63, 3.8) is 0 Å². The number of hydrogen-bond donors (Lipinski definition) is 7. The van der Waals surface area contributed by atoms with E-state index in [0.717, 1.165) is 5.56 Å². The normalized spacial score (nSPS) is 15.3. The van der Waals surface area contributed by atoms with Crippen LogP contribution in [0.3, 0.4) is 0 Å². The maximum Gasteiger partial charge on any atom is 0.317 e. The van der Waals surface area contributed by atoms with Gasteiger partial charge in [-0.25, -0.2) is 0 Å². The van der Waals surface area contributed by atoms with Gasteiger partial charge in [0.25, 0.3) is 0 Å². The molecule has 0 aromatic heterocycles. The first-order valence-corrected chi connectivity index (χ1v) is 14.8. The average molecular weight is 650 g/mol. The molecular formula is C29H43N7O10. The second-order valence-electron chi connectivity index (χ2n) is 10.8. The third kappa shape index (κ3) is 15.4. The Balaban J connectivity index is 1.97. The van der Waals surface area contributed by atoms with Crippen LogP contribution in [-0.2, 0) is 46.5 Å². The second-order valence-corrected chi connectivity index (χ2v) is 10.8. The van der Waals surface area contributed by atoms with Gasteiger partial charge >= 0.3 is 17.9 Å². The maximum absolute atomic E-state index is 12.8. The zero-order valence-electron chi connectivity index (χ0n) is 25.8. The number of aliphatic carboxylic acids is 3. The number of hydrogen-bond acceptors (Lipinski definition) is 10. The predicted octanol–water partition coefficient (Wildman–Crippen LogP) is -2.85. The second kappa shape index (κ2) is 19.7. The number of carbonyl (C=O) groups is 7. The molecular weight excluding hydrogens is 606 g/mol. The van der Waals surface area contributed by atoms with Gasteiger partial charge < -0.3 is 36.6 Å². The summed E-state index contributed by atoms with van der Waals surface area (Å²) in [7, 11) is 1.40. The summed E-state index contributed by atoms with van der Waals surface area (Å²) in [5, 5.41) is 37.1. The van der Waals surface area contributed by atoms with Gasteiger partial charge in [-0.15, -0.1) is 0 Å². The first-order chi connectivity index (χ1) is 21.8. The number of amides is 4.